The molecular weight excluding hydrogens is 387 g/mol. The van der Waals surface area contributed by atoms with Crippen molar-refractivity contribution in [3.63, 3.8) is 0 Å². The summed E-state index contributed by atoms with van der Waals surface area (Å²) in [6.07, 6.45) is 3.72. The Hall–Kier alpha value is -1.07. The van der Waals surface area contributed by atoms with Crippen LogP contribution < -0.4 is 10.4 Å². The van der Waals surface area contributed by atoms with Crippen LogP contribution in [0.2, 0.25) is 6.55 Å². The highest BCUT2D eigenvalue weighted by Gasteiger charge is 2.40. The molecule has 1 aliphatic rings. The molecule has 21 heavy (non-hydrogen) atoms. The third-order valence-corrected chi connectivity index (χ3v) is 9.49. The van der Waals surface area contributed by atoms with Gasteiger partial charge in [0, 0.05) is 10.8 Å². The Balaban J connectivity index is 2.08. The van der Waals surface area contributed by atoms with E-state index in [1.54, 1.807) is 0 Å². The summed E-state index contributed by atoms with van der Waals surface area (Å²) in [4.78, 5) is 0. The normalized spacial score (nSPS) is 18.2. The van der Waals surface area contributed by atoms with Crippen LogP contribution >= 0.6 is 22.6 Å². The molecule has 1 aliphatic heterocycles. The number of hydrogen-bond donors (Lipinski definition) is 0. The van der Waals surface area contributed by atoms with E-state index in [-0.39, 0.29) is 0 Å². The first-order chi connectivity index (χ1) is 10.2. The van der Waals surface area contributed by atoms with Crippen molar-refractivity contribution in [3.05, 3.63) is 72.1 Å². The van der Waals surface area contributed by atoms with Gasteiger partial charge in [-0.3, -0.25) is 0 Å². The van der Waals surface area contributed by atoms with Gasteiger partial charge < -0.3 is 4.74 Å². The number of ether oxygens (including phenoxy) is 1. The van der Waals surface area contributed by atoms with Crippen molar-refractivity contribution in [3.8, 4) is 0 Å². The smallest absolute Gasteiger partial charge is 0.188 e. The maximum absolute atomic E-state index is 6.30. The van der Waals surface area contributed by atoms with Crippen molar-refractivity contribution in [2.45, 2.75) is 19.1 Å². The van der Waals surface area contributed by atoms with E-state index in [2.05, 4.69) is 95.9 Å². The molecule has 0 aromatic heterocycles. The highest BCUT2D eigenvalue weighted by Crippen LogP contribution is 2.27. The van der Waals surface area contributed by atoms with E-state index >= 15 is 0 Å². The predicted octanol–water partition coefficient (Wildman–Crippen LogP) is 3.53. The Labute approximate surface area is 141 Å². The Kier molecular flexibility index (Phi) is 4.50. The van der Waals surface area contributed by atoms with Crippen LogP contribution in [0.5, 0.6) is 0 Å². The van der Waals surface area contributed by atoms with Crippen LogP contribution in [-0.4, -0.2) is 18.6 Å². The summed E-state index contributed by atoms with van der Waals surface area (Å²) in [5.41, 5.74) is 0. The lowest BCUT2D eigenvalue weighted by Gasteiger charge is -2.30. The quantitative estimate of drug-likeness (QED) is 0.429. The van der Waals surface area contributed by atoms with E-state index in [9.17, 15) is 0 Å². The van der Waals surface area contributed by atoms with Crippen LogP contribution in [0.4, 0.5) is 0 Å². The standard InChI is InChI=1S/C18H19IOSi/c1-21(16-8-4-2-5-9-16,17-10-6-3-7-11-17)18-13-12-15(14-19)20-18/h2-11,13,15H,12,14H2,1H3. The molecule has 1 nitrogen and oxygen atoms in total. The van der Waals surface area contributed by atoms with E-state index in [1.165, 1.54) is 15.8 Å². The van der Waals surface area contributed by atoms with Crippen molar-refractivity contribution in [1.29, 1.82) is 0 Å². The summed E-state index contributed by atoms with van der Waals surface area (Å²) in [6, 6.07) is 21.7. The number of halogens is 1. The molecule has 0 fully saturated rings. The SMILES string of the molecule is C[Si](C1=CCC(CI)O1)(c1ccccc1)c1ccccc1. The summed E-state index contributed by atoms with van der Waals surface area (Å²) in [5, 5.41) is 4.05. The molecule has 1 unspecified atom stereocenters. The van der Waals surface area contributed by atoms with Crippen LogP contribution in [0.25, 0.3) is 0 Å². The molecule has 3 rings (SSSR count). The molecule has 2 aromatic rings. The molecule has 0 amide bonds. The fourth-order valence-corrected chi connectivity index (χ4v) is 7.01. The molecule has 0 saturated heterocycles. The zero-order valence-electron chi connectivity index (χ0n) is 12.1. The second kappa shape index (κ2) is 6.36. The van der Waals surface area contributed by atoms with Gasteiger partial charge in [0.25, 0.3) is 0 Å². The minimum atomic E-state index is -1.99. The molecule has 1 heterocycles. The topological polar surface area (TPSA) is 9.23 Å². The Morgan fingerprint density at radius 3 is 1.95 bits per heavy atom. The molecule has 1 atom stereocenters. The van der Waals surface area contributed by atoms with E-state index in [4.69, 9.17) is 4.74 Å². The second-order valence-electron chi connectivity index (χ2n) is 5.56. The molecule has 0 radical (unpaired) electrons. The maximum atomic E-state index is 6.30. The highest BCUT2D eigenvalue weighted by molar-refractivity contribution is 14.1. The molecule has 108 valence electrons. The van der Waals surface area contributed by atoms with Gasteiger partial charge in [0.05, 0.1) is 5.38 Å². The predicted molar refractivity (Wildman–Crippen MR) is 100 cm³/mol. The molecule has 0 spiro atoms. The Bertz CT molecular complexity index is 585. The average molecular weight is 406 g/mol. The first-order valence-corrected chi connectivity index (χ1v) is 11.3. The summed E-state index contributed by atoms with van der Waals surface area (Å²) >= 11 is 2.41. The summed E-state index contributed by atoms with van der Waals surface area (Å²) in [7, 11) is -1.99. The Morgan fingerprint density at radius 2 is 1.52 bits per heavy atom. The van der Waals surface area contributed by atoms with Gasteiger partial charge in [0.15, 0.2) is 8.07 Å². The van der Waals surface area contributed by atoms with Crippen LogP contribution in [-0.2, 0) is 4.74 Å². The fraction of sp³-hybridized carbons (Fsp3) is 0.222. The van der Waals surface area contributed by atoms with Gasteiger partial charge in [0.2, 0.25) is 0 Å². The summed E-state index contributed by atoms with van der Waals surface area (Å²) in [6.45, 7) is 2.40. The number of rotatable bonds is 4. The van der Waals surface area contributed by atoms with Crippen molar-refractivity contribution in [1.82, 2.24) is 0 Å². The Morgan fingerprint density at radius 1 is 1.00 bits per heavy atom. The third kappa shape index (κ3) is 2.81. The first-order valence-electron chi connectivity index (χ1n) is 7.29. The molecule has 0 bridgehead atoms. The summed E-state index contributed by atoms with van der Waals surface area (Å²) < 4.78 is 7.35. The lowest BCUT2D eigenvalue weighted by atomic mass is 10.3. The van der Waals surface area contributed by atoms with Crippen molar-refractivity contribution < 1.29 is 4.74 Å². The number of hydrogen-bond acceptors (Lipinski definition) is 1. The first kappa shape index (κ1) is 14.8. The largest absolute Gasteiger partial charge is 0.498 e. The van der Waals surface area contributed by atoms with Gasteiger partial charge >= 0.3 is 0 Å². The van der Waals surface area contributed by atoms with Gasteiger partial charge in [-0.25, -0.2) is 0 Å². The highest BCUT2D eigenvalue weighted by atomic mass is 127. The van der Waals surface area contributed by atoms with E-state index < -0.39 is 8.07 Å². The maximum Gasteiger partial charge on any atom is 0.188 e. The van der Waals surface area contributed by atoms with Crippen LogP contribution in [0.3, 0.4) is 0 Å². The fourth-order valence-electron chi connectivity index (χ4n) is 2.92. The minimum Gasteiger partial charge on any atom is -0.498 e. The molecule has 0 N–H and O–H groups in total. The molecule has 0 saturated carbocycles. The minimum absolute atomic E-state index is 0.347. The van der Waals surface area contributed by atoms with Crippen LogP contribution in [0, 0.1) is 0 Å². The zero-order valence-corrected chi connectivity index (χ0v) is 15.3. The molecule has 0 aliphatic carbocycles. The third-order valence-electron chi connectivity index (χ3n) is 4.23. The van der Waals surface area contributed by atoms with Crippen molar-refractivity contribution in [2.75, 3.05) is 4.43 Å². The van der Waals surface area contributed by atoms with Gasteiger partial charge in [0.1, 0.15) is 6.10 Å². The van der Waals surface area contributed by atoms with Crippen molar-refractivity contribution in [2.24, 2.45) is 0 Å². The monoisotopic (exact) mass is 406 g/mol. The molecular formula is C18H19IOSi. The lowest BCUT2D eigenvalue weighted by Crippen LogP contribution is -2.57. The number of benzene rings is 2. The van der Waals surface area contributed by atoms with Crippen molar-refractivity contribution >= 4 is 41.0 Å². The summed E-state index contributed by atoms with van der Waals surface area (Å²) in [5.74, 6) is 0. The van der Waals surface area contributed by atoms with Gasteiger partial charge in [-0.1, -0.05) is 89.8 Å². The second-order valence-corrected chi connectivity index (χ2v) is 10.3. The molecule has 3 heteroatoms. The zero-order chi connectivity index (χ0) is 14.7. The van der Waals surface area contributed by atoms with Gasteiger partial charge in [-0.15, -0.1) is 0 Å². The van der Waals surface area contributed by atoms with E-state index in [0.717, 1.165) is 10.8 Å². The molecule has 2 aromatic carbocycles. The van der Waals surface area contributed by atoms with Gasteiger partial charge in [-0.05, 0) is 16.4 Å². The van der Waals surface area contributed by atoms with Crippen LogP contribution in [0.15, 0.2) is 72.1 Å². The average Bonchev–Trinajstić information content (AvgIpc) is 3.05. The van der Waals surface area contributed by atoms with E-state index in [1.807, 2.05) is 0 Å². The van der Waals surface area contributed by atoms with Gasteiger partial charge in [-0.2, -0.15) is 0 Å². The van der Waals surface area contributed by atoms with Crippen LogP contribution in [0.1, 0.15) is 6.42 Å². The number of alkyl halides is 1. The lowest BCUT2D eigenvalue weighted by molar-refractivity contribution is 0.182. The van der Waals surface area contributed by atoms with E-state index in [0.29, 0.717) is 6.10 Å².